The van der Waals surface area contributed by atoms with Crippen LogP contribution in [0.5, 0.6) is 0 Å². The van der Waals surface area contributed by atoms with Crippen LogP contribution in [0.25, 0.3) is 0 Å². The lowest BCUT2D eigenvalue weighted by molar-refractivity contribution is -0.388. The number of benzene rings is 2. The number of nitro benzene ring substituents is 1. The Morgan fingerprint density at radius 1 is 1.22 bits per heavy atom. The first kappa shape index (κ1) is 21.0. The fourth-order valence-electron chi connectivity index (χ4n) is 2.19. The Bertz CT molecular complexity index is 846. The zero-order valence-electron chi connectivity index (χ0n) is 13.8. The van der Waals surface area contributed by atoms with Crippen LogP contribution in [0.4, 0.5) is 18.9 Å². The van der Waals surface area contributed by atoms with Crippen molar-refractivity contribution in [2.24, 2.45) is 0 Å². The summed E-state index contributed by atoms with van der Waals surface area (Å²) in [4.78, 5) is 22.0. The highest BCUT2D eigenvalue weighted by molar-refractivity contribution is 8.00. The molecule has 0 bridgehead atoms. The summed E-state index contributed by atoms with van der Waals surface area (Å²) in [6.07, 6.45) is -4.12. The number of rotatable bonds is 7. The number of halogens is 4. The molecule has 0 fully saturated rings. The van der Waals surface area contributed by atoms with Gasteiger partial charge in [0.25, 0.3) is 5.69 Å². The van der Waals surface area contributed by atoms with Crippen LogP contribution in [0, 0.1) is 10.1 Å². The summed E-state index contributed by atoms with van der Waals surface area (Å²) in [5.74, 6) is -0.530. The highest BCUT2D eigenvalue weighted by Gasteiger charge is 2.33. The van der Waals surface area contributed by atoms with E-state index in [4.69, 9.17) is 11.6 Å². The van der Waals surface area contributed by atoms with E-state index >= 15 is 0 Å². The van der Waals surface area contributed by atoms with Crippen molar-refractivity contribution in [3.8, 4) is 0 Å². The number of carbonyl (C=O) groups excluding carboxylic acids is 1. The summed E-state index contributed by atoms with van der Waals surface area (Å²) in [6, 6.07) is 9.39. The van der Waals surface area contributed by atoms with Gasteiger partial charge in [-0.15, -0.1) is 11.8 Å². The molecule has 10 heteroatoms. The number of nitrogens with zero attached hydrogens (tertiary/aromatic N) is 1. The van der Waals surface area contributed by atoms with Crippen molar-refractivity contribution in [2.45, 2.75) is 17.5 Å². The molecule has 2 aromatic carbocycles. The van der Waals surface area contributed by atoms with Crippen molar-refractivity contribution in [1.82, 2.24) is 5.32 Å². The van der Waals surface area contributed by atoms with Crippen LogP contribution in [-0.4, -0.2) is 23.1 Å². The maximum absolute atomic E-state index is 12.7. The zero-order valence-corrected chi connectivity index (χ0v) is 15.3. The molecule has 1 N–H and O–H groups in total. The normalized spacial score (nSPS) is 11.3. The second-order valence-electron chi connectivity index (χ2n) is 5.46. The van der Waals surface area contributed by atoms with Gasteiger partial charge in [0.2, 0.25) is 5.91 Å². The third kappa shape index (κ3) is 6.44. The van der Waals surface area contributed by atoms with Crippen molar-refractivity contribution < 1.29 is 22.9 Å². The van der Waals surface area contributed by atoms with Gasteiger partial charge < -0.3 is 5.32 Å². The average Bonchev–Trinajstić information content (AvgIpc) is 2.59. The largest absolute Gasteiger partial charge is 0.416 e. The van der Waals surface area contributed by atoms with Gasteiger partial charge in [0.15, 0.2) is 0 Å². The topological polar surface area (TPSA) is 72.2 Å². The number of hydrogen-bond acceptors (Lipinski definition) is 4. The van der Waals surface area contributed by atoms with Gasteiger partial charge in [-0.2, -0.15) is 13.2 Å². The Hall–Kier alpha value is -2.26. The Labute approximate surface area is 162 Å². The highest BCUT2D eigenvalue weighted by Crippen LogP contribution is 2.36. The zero-order chi connectivity index (χ0) is 20.0. The summed E-state index contributed by atoms with van der Waals surface area (Å²) in [6.45, 7) is 0.342. The van der Waals surface area contributed by atoms with Crippen molar-refractivity contribution in [2.75, 3.05) is 12.3 Å². The van der Waals surface area contributed by atoms with E-state index in [1.54, 1.807) is 18.2 Å². The SMILES string of the molecule is O=C(CSc1ccc(C(F)(F)F)cc1[N+](=O)[O-])NCCc1cccc(Cl)c1. The van der Waals surface area contributed by atoms with Crippen LogP contribution < -0.4 is 5.32 Å². The van der Waals surface area contributed by atoms with Gasteiger partial charge in [-0.25, -0.2) is 0 Å². The molecule has 0 aliphatic rings. The monoisotopic (exact) mass is 418 g/mol. The number of carbonyl (C=O) groups is 1. The van der Waals surface area contributed by atoms with Gasteiger partial charge in [-0.3, -0.25) is 14.9 Å². The van der Waals surface area contributed by atoms with E-state index < -0.39 is 22.4 Å². The van der Waals surface area contributed by atoms with Gasteiger partial charge in [-0.05, 0) is 36.2 Å². The molecule has 5 nitrogen and oxygen atoms in total. The highest BCUT2D eigenvalue weighted by atomic mass is 35.5. The molecular weight excluding hydrogens is 405 g/mol. The van der Waals surface area contributed by atoms with Crippen LogP contribution in [-0.2, 0) is 17.4 Å². The summed E-state index contributed by atoms with van der Waals surface area (Å²) in [7, 11) is 0. The molecule has 0 aliphatic carbocycles. The second kappa shape index (κ2) is 9.09. The maximum atomic E-state index is 12.7. The number of nitro groups is 1. The van der Waals surface area contributed by atoms with Crippen LogP contribution >= 0.6 is 23.4 Å². The van der Waals surface area contributed by atoms with Crippen LogP contribution in [0.2, 0.25) is 5.02 Å². The number of amides is 1. The van der Waals surface area contributed by atoms with E-state index in [2.05, 4.69) is 5.32 Å². The molecule has 0 aromatic heterocycles. The fourth-order valence-corrected chi connectivity index (χ4v) is 3.24. The predicted octanol–water partition coefficient (Wildman–Crippen LogP) is 4.72. The molecular formula is C17H14ClF3N2O3S. The van der Waals surface area contributed by atoms with Crippen LogP contribution in [0.1, 0.15) is 11.1 Å². The minimum atomic E-state index is -4.67. The lowest BCUT2D eigenvalue weighted by Gasteiger charge is -2.09. The number of alkyl halides is 3. The van der Waals surface area contributed by atoms with Gasteiger partial charge in [0.05, 0.1) is 21.1 Å². The standard InChI is InChI=1S/C17H14ClF3N2O3S/c18-13-3-1-2-11(8-13)6-7-22-16(24)10-27-15-5-4-12(17(19,20)21)9-14(15)23(25)26/h1-5,8-9H,6-7,10H2,(H,22,24). The molecule has 2 rings (SSSR count). The second-order valence-corrected chi connectivity index (χ2v) is 6.91. The van der Waals surface area contributed by atoms with Crippen molar-refractivity contribution in [1.29, 1.82) is 0 Å². The molecule has 0 aliphatic heterocycles. The third-order valence-electron chi connectivity index (χ3n) is 3.47. The maximum Gasteiger partial charge on any atom is 0.416 e. The van der Waals surface area contributed by atoms with Gasteiger partial charge in [-0.1, -0.05) is 23.7 Å². The summed E-state index contributed by atoms with van der Waals surface area (Å²) in [5.41, 5.74) is -0.847. The first-order chi connectivity index (χ1) is 12.7. The van der Waals surface area contributed by atoms with E-state index in [1.807, 2.05) is 6.07 Å². The number of nitrogens with one attached hydrogen (secondary N) is 1. The van der Waals surface area contributed by atoms with E-state index in [9.17, 15) is 28.1 Å². The average molecular weight is 419 g/mol. The molecule has 144 valence electrons. The van der Waals surface area contributed by atoms with Crippen molar-refractivity contribution in [3.63, 3.8) is 0 Å². The van der Waals surface area contributed by atoms with Gasteiger partial charge in [0.1, 0.15) is 0 Å². The van der Waals surface area contributed by atoms with Gasteiger partial charge >= 0.3 is 6.18 Å². The number of thioether (sulfide) groups is 1. The summed E-state index contributed by atoms with van der Waals surface area (Å²) >= 11 is 6.68. The summed E-state index contributed by atoms with van der Waals surface area (Å²) in [5, 5.41) is 14.3. The lowest BCUT2D eigenvalue weighted by Crippen LogP contribution is -2.27. The Balaban J connectivity index is 1.91. The molecule has 0 unspecified atom stereocenters. The van der Waals surface area contributed by atoms with E-state index in [1.165, 1.54) is 0 Å². The smallest absolute Gasteiger partial charge is 0.355 e. The first-order valence-electron chi connectivity index (χ1n) is 7.66. The predicted molar refractivity (Wildman–Crippen MR) is 97.0 cm³/mol. The molecule has 2 aromatic rings. The minimum Gasteiger partial charge on any atom is -0.355 e. The summed E-state index contributed by atoms with van der Waals surface area (Å²) < 4.78 is 38.0. The van der Waals surface area contributed by atoms with E-state index in [0.29, 0.717) is 24.1 Å². The van der Waals surface area contributed by atoms with Gasteiger partial charge in [0, 0.05) is 17.6 Å². The molecule has 0 heterocycles. The van der Waals surface area contributed by atoms with Crippen LogP contribution in [0.15, 0.2) is 47.4 Å². The molecule has 0 radical (unpaired) electrons. The molecule has 0 saturated heterocycles. The Morgan fingerprint density at radius 2 is 1.96 bits per heavy atom. The third-order valence-corrected chi connectivity index (χ3v) is 4.76. The number of hydrogen-bond donors (Lipinski definition) is 1. The van der Waals surface area contributed by atoms with Crippen LogP contribution in [0.3, 0.4) is 0 Å². The fraction of sp³-hybridized carbons (Fsp3) is 0.235. The molecule has 0 spiro atoms. The quantitative estimate of drug-likeness (QED) is 0.401. The van der Waals surface area contributed by atoms with Crippen molar-refractivity contribution in [3.05, 3.63) is 68.7 Å². The first-order valence-corrected chi connectivity index (χ1v) is 9.03. The minimum absolute atomic E-state index is 0.00186. The lowest BCUT2D eigenvalue weighted by atomic mass is 10.1. The Morgan fingerprint density at radius 3 is 2.59 bits per heavy atom. The molecule has 0 saturated carbocycles. The van der Waals surface area contributed by atoms with E-state index in [0.717, 1.165) is 29.5 Å². The molecule has 1 amide bonds. The molecule has 0 atom stereocenters. The van der Waals surface area contributed by atoms with E-state index in [-0.39, 0.29) is 16.6 Å². The Kier molecular flexibility index (Phi) is 7.09. The van der Waals surface area contributed by atoms with Crippen molar-refractivity contribution >= 4 is 35.0 Å². The molecule has 27 heavy (non-hydrogen) atoms.